The standard InChI is InChI=1S/C10H17NO2/c1-10(2,3)13-9(12)8-6-4-7(8)11-5-6/h6-8,11H,4-5H2,1-3H3/t6-,7-,8+/m1/s1. The summed E-state index contributed by atoms with van der Waals surface area (Å²) in [5.41, 5.74) is -0.341. The molecule has 1 aliphatic carbocycles. The van der Waals surface area contributed by atoms with Crippen molar-refractivity contribution < 1.29 is 9.53 Å². The zero-order valence-electron chi connectivity index (χ0n) is 8.46. The number of esters is 1. The Labute approximate surface area is 78.8 Å². The van der Waals surface area contributed by atoms with Crippen molar-refractivity contribution in [3.05, 3.63) is 0 Å². The molecule has 0 aromatic rings. The van der Waals surface area contributed by atoms with E-state index in [4.69, 9.17) is 4.74 Å². The van der Waals surface area contributed by atoms with Gasteiger partial charge in [-0.05, 0) is 39.7 Å². The van der Waals surface area contributed by atoms with Crippen LogP contribution in [0.5, 0.6) is 0 Å². The molecule has 3 heteroatoms. The van der Waals surface area contributed by atoms with E-state index in [2.05, 4.69) is 5.32 Å². The number of carbonyl (C=O) groups is 1. The first-order chi connectivity index (χ1) is 5.97. The molecule has 0 radical (unpaired) electrons. The Bertz CT molecular complexity index is 218. The first-order valence-corrected chi connectivity index (χ1v) is 4.93. The third-order valence-electron chi connectivity index (χ3n) is 2.82. The summed E-state index contributed by atoms with van der Waals surface area (Å²) in [6.07, 6.45) is 1.16. The van der Waals surface area contributed by atoms with Gasteiger partial charge >= 0.3 is 5.97 Å². The van der Waals surface area contributed by atoms with E-state index in [9.17, 15) is 4.79 Å². The van der Waals surface area contributed by atoms with Gasteiger partial charge in [0, 0.05) is 6.04 Å². The van der Waals surface area contributed by atoms with Gasteiger partial charge in [0.25, 0.3) is 0 Å². The van der Waals surface area contributed by atoms with Gasteiger partial charge in [-0.2, -0.15) is 0 Å². The molecule has 3 rings (SSSR count). The summed E-state index contributed by atoms with van der Waals surface area (Å²) in [6.45, 7) is 6.74. The van der Waals surface area contributed by atoms with Crippen LogP contribution in [0.1, 0.15) is 27.2 Å². The molecule has 0 spiro atoms. The lowest BCUT2D eigenvalue weighted by molar-refractivity contribution is -0.165. The number of fused-ring (bicyclic) bond motifs is 1. The van der Waals surface area contributed by atoms with Crippen LogP contribution in [-0.2, 0) is 9.53 Å². The first-order valence-electron chi connectivity index (χ1n) is 4.93. The van der Waals surface area contributed by atoms with Crippen molar-refractivity contribution in [3.63, 3.8) is 0 Å². The SMILES string of the molecule is CC(C)(C)OC(=O)[C@H]1[C@H]2CN[C@@H]1C2. The number of carbonyl (C=O) groups excluding carboxylic acids is 1. The largest absolute Gasteiger partial charge is 0.460 e. The minimum Gasteiger partial charge on any atom is -0.460 e. The Hall–Kier alpha value is -0.570. The summed E-state index contributed by atoms with van der Waals surface area (Å²) in [6, 6.07) is 0.403. The molecule has 3 aliphatic rings. The molecule has 3 nitrogen and oxygen atoms in total. The van der Waals surface area contributed by atoms with Crippen LogP contribution in [-0.4, -0.2) is 24.2 Å². The van der Waals surface area contributed by atoms with E-state index >= 15 is 0 Å². The van der Waals surface area contributed by atoms with Crippen molar-refractivity contribution in [3.8, 4) is 0 Å². The molecule has 1 saturated carbocycles. The Morgan fingerprint density at radius 3 is 2.54 bits per heavy atom. The van der Waals surface area contributed by atoms with Gasteiger partial charge in [-0.25, -0.2) is 0 Å². The Morgan fingerprint density at radius 2 is 2.15 bits per heavy atom. The molecular weight excluding hydrogens is 166 g/mol. The maximum atomic E-state index is 11.6. The van der Waals surface area contributed by atoms with Gasteiger partial charge in [0.1, 0.15) is 5.60 Å². The molecule has 1 N–H and O–H groups in total. The lowest BCUT2D eigenvalue weighted by atomic mass is 9.74. The molecule has 13 heavy (non-hydrogen) atoms. The van der Waals surface area contributed by atoms with Gasteiger partial charge in [-0.1, -0.05) is 0 Å². The van der Waals surface area contributed by atoms with E-state index < -0.39 is 0 Å². The fourth-order valence-electron chi connectivity index (χ4n) is 2.20. The first kappa shape index (κ1) is 9.00. The lowest BCUT2D eigenvalue weighted by Gasteiger charge is -2.34. The Balaban J connectivity index is 1.92. The van der Waals surface area contributed by atoms with Gasteiger partial charge < -0.3 is 10.1 Å². The van der Waals surface area contributed by atoms with Gasteiger partial charge in [0.2, 0.25) is 0 Å². The lowest BCUT2D eigenvalue weighted by Crippen LogP contribution is -2.45. The molecule has 3 atom stereocenters. The monoisotopic (exact) mass is 183 g/mol. The van der Waals surface area contributed by atoms with Crippen molar-refractivity contribution in [2.24, 2.45) is 11.8 Å². The van der Waals surface area contributed by atoms with Crippen molar-refractivity contribution in [2.45, 2.75) is 38.8 Å². The second-order valence-corrected chi connectivity index (χ2v) is 5.07. The predicted molar refractivity (Wildman–Crippen MR) is 49.2 cm³/mol. The van der Waals surface area contributed by atoms with Gasteiger partial charge in [-0.15, -0.1) is 0 Å². The van der Waals surface area contributed by atoms with Crippen LogP contribution in [0.4, 0.5) is 0 Å². The molecule has 2 saturated heterocycles. The van der Waals surface area contributed by atoms with Crippen molar-refractivity contribution >= 4 is 5.97 Å². The average molecular weight is 183 g/mol. The van der Waals surface area contributed by atoms with Gasteiger partial charge in [-0.3, -0.25) is 4.79 Å². The van der Waals surface area contributed by atoms with Crippen LogP contribution in [0.2, 0.25) is 0 Å². The minimum absolute atomic E-state index is 0.0150. The van der Waals surface area contributed by atoms with E-state index in [1.165, 1.54) is 0 Å². The highest BCUT2D eigenvalue weighted by Crippen LogP contribution is 2.41. The third-order valence-corrected chi connectivity index (χ3v) is 2.82. The summed E-state index contributed by atoms with van der Waals surface area (Å²) in [5.74, 6) is 0.665. The predicted octanol–water partition coefficient (Wildman–Crippen LogP) is 0.936. The number of nitrogens with one attached hydrogen (secondary N) is 1. The average Bonchev–Trinajstić information content (AvgIpc) is 2.36. The smallest absolute Gasteiger partial charge is 0.311 e. The summed E-state index contributed by atoms with van der Waals surface area (Å²) in [5, 5.41) is 3.31. The highest BCUT2D eigenvalue weighted by atomic mass is 16.6. The van der Waals surface area contributed by atoms with E-state index in [1.807, 2.05) is 20.8 Å². The normalized spacial score (nSPS) is 37.0. The highest BCUT2D eigenvalue weighted by molar-refractivity contribution is 5.76. The van der Waals surface area contributed by atoms with Crippen LogP contribution in [0.25, 0.3) is 0 Å². The molecule has 74 valence electrons. The molecule has 2 bridgehead atoms. The van der Waals surface area contributed by atoms with Crippen LogP contribution in [0.3, 0.4) is 0 Å². The summed E-state index contributed by atoms with van der Waals surface area (Å²) < 4.78 is 5.34. The maximum Gasteiger partial charge on any atom is 0.311 e. The van der Waals surface area contributed by atoms with Crippen LogP contribution in [0, 0.1) is 11.8 Å². The zero-order valence-corrected chi connectivity index (χ0v) is 8.46. The molecular formula is C10H17NO2. The molecule has 0 amide bonds. The fourth-order valence-corrected chi connectivity index (χ4v) is 2.20. The second kappa shape index (κ2) is 2.71. The van der Waals surface area contributed by atoms with Gasteiger partial charge in [0.15, 0.2) is 0 Å². The summed E-state index contributed by atoms with van der Waals surface area (Å²) >= 11 is 0. The van der Waals surface area contributed by atoms with Crippen molar-refractivity contribution in [1.29, 1.82) is 0 Å². The topological polar surface area (TPSA) is 38.3 Å². The van der Waals surface area contributed by atoms with E-state index in [0.29, 0.717) is 12.0 Å². The van der Waals surface area contributed by atoms with Crippen LogP contribution >= 0.6 is 0 Å². The summed E-state index contributed by atoms with van der Waals surface area (Å²) in [7, 11) is 0. The van der Waals surface area contributed by atoms with E-state index in [0.717, 1.165) is 13.0 Å². The molecule has 2 heterocycles. The number of hydrogen-bond donors (Lipinski definition) is 1. The zero-order chi connectivity index (χ0) is 9.64. The van der Waals surface area contributed by atoms with Gasteiger partial charge in [0.05, 0.1) is 5.92 Å². The van der Waals surface area contributed by atoms with Crippen molar-refractivity contribution in [1.82, 2.24) is 5.32 Å². The quantitative estimate of drug-likeness (QED) is 0.615. The molecule has 0 aromatic heterocycles. The van der Waals surface area contributed by atoms with Crippen LogP contribution in [0.15, 0.2) is 0 Å². The Morgan fingerprint density at radius 1 is 1.46 bits per heavy atom. The number of rotatable bonds is 1. The number of hydrogen-bond acceptors (Lipinski definition) is 3. The summed E-state index contributed by atoms with van der Waals surface area (Å²) in [4.78, 5) is 11.6. The molecule has 0 unspecified atom stereocenters. The van der Waals surface area contributed by atoms with E-state index in [-0.39, 0.29) is 17.5 Å². The van der Waals surface area contributed by atoms with Crippen LogP contribution < -0.4 is 5.32 Å². The van der Waals surface area contributed by atoms with E-state index in [1.54, 1.807) is 0 Å². The third kappa shape index (κ3) is 1.57. The maximum absolute atomic E-state index is 11.6. The molecule has 2 aliphatic heterocycles. The fraction of sp³-hybridized carbons (Fsp3) is 0.900. The molecule has 0 aromatic carbocycles. The Kier molecular flexibility index (Phi) is 1.88. The minimum atomic E-state index is -0.341. The van der Waals surface area contributed by atoms with Crippen molar-refractivity contribution in [2.75, 3.05) is 6.54 Å². The highest BCUT2D eigenvalue weighted by Gasteiger charge is 2.52. The number of ether oxygens (including phenoxy) is 1. The molecule has 3 fully saturated rings. The second-order valence-electron chi connectivity index (χ2n) is 5.07.